The van der Waals surface area contributed by atoms with Gasteiger partial charge in [-0.3, -0.25) is 4.79 Å². The van der Waals surface area contributed by atoms with Gasteiger partial charge in [-0.1, -0.05) is 30.7 Å². The van der Waals surface area contributed by atoms with Gasteiger partial charge in [-0.15, -0.1) is 11.8 Å². The van der Waals surface area contributed by atoms with Crippen LogP contribution in [-0.2, 0) is 16.0 Å². The molecule has 7 heteroatoms. The van der Waals surface area contributed by atoms with Gasteiger partial charge in [-0.05, 0) is 48.9 Å². The maximum absolute atomic E-state index is 12.8. The van der Waals surface area contributed by atoms with E-state index < -0.39 is 12.0 Å². The van der Waals surface area contributed by atoms with Crippen LogP contribution in [0.3, 0.4) is 0 Å². The van der Waals surface area contributed by atoms with E-state index >= 15 is 0 Å². The topological polar surface area (TPSA) is 68.3 Å². The molecular weight excluding hydrogens is 384 g/mol. The molecular formula is C20H23ClN2O3S. The summed E-state index contributed by atoms with van der Waals surface area (Å²) in [6.07, 6.45) is 2.95. The number of nitrogens with one attached hydrogen (secondary N) is 1. The van der Waals surface area contributed by atoms with Crippen LogP contribution < -0.4 is 5.32 Å². The Morgan fingerprint density at radius 2 is 1.96 bits per heavy atom. The zero-order valence-corrected chi connectivity index (χ0v) is 17.0. The summed E-state index contributed by atoms with van der Waals surface area (Å²) in [4.78, 5) is 29.4. The zero-order valence-electron chi connectivity index (χ0n) is 15.4. The van der Waals surface area contributed by atoms with Gasteiger partial charge in [0.1, 0.15) is 11.1 Å². The third-order valence-electron chi connectivity index (χ3n) is 3.69. The fourth-order valence-corrected chi connectivity index (χ4v) is 3.38. The van der Waals surface area contributed by atoms with Crippen molar-refractivity contribution in [2.24, 2.45) is 0 Å². The van der Waals surface area contributed by atoms with E-state index in [1.54, 1.807) is 37.4 Å². The van der Waals surface area contributed by atoms with Gasteiger partial charge in [0.2, 0.25) is 0 Å². The molecule has 0 aliphatic carbocycles. The van der Waals surface area contributed by atoms with E-state index in [4.69, 9.17) is 16.3 Å². The first-order valence-corrected chi connectivity index (χ1v) is 10.2. The summed E-state index contributed by atoms with van der Waals surface area (Å²) < 4.78 is 5.13. The number of nitrogens with zero attached hydrogens (tertiary/aromatic N) is 1. The van der Waals surface area contributed by atoms with Crippen molar-refractivity contribution in [2.75, 3.05) is 12.4 Å². The molecule has 144 valence electrons. The van der Waals surface area contributed by atoms with Crippen LogP contribution in [0.25, 0.3) is 0 Å². The summed E-state index contributed by atoms with van der Waals surface area (Å²) in [5.41, 5.74) is 1.34. The summed E-state index contributed by atoms with van der Waals surface area (Å²) in [6, 6.07) is 9.79. The normalized spacial score (nSPS) is 11.7. The van der Waals surface area contributed by atoms with Crippen molar-refractivity contribution in [1.82, 2.24) is 10.3 Å². The summed E-state index contributed by atoms with van der Waals surface area (Å²) in [7, 11) is 0. The van der Waals surface area contributed by atoms with Crippen LogP contribution in [0.15, 0.2) is 47.6 Å². The summed E-state index contributed by atoms with van der Waals surface area (Å²) in [6.45, 7) is 4.05. The molecule has 5 nitrogen and oxygen atoms in total. The molecule has 2 rings (SSSR count). The number of benzene rings is 1. The molecule has 27 heavy (non-hydrogen) atoms. The number of pyridine rings is 1. The molecule has 0 aliphatic rings. The smallest absolute Gasteiger partial charge is 0.328 e. The minimum absolute atomic E-state index is 0.246. The molecule has 0 aliphatic heterocycles. The van der Waals surface area contributed by atoms with E-state index in [9.17, 15) is 9.59 Å². The second-order valence-corrected chi connectivity index (χ2v) is 7.33. The molecule has 2 aromatic rings. The van der Waals surface area contributed by atoms with Gasteiger partial charge in [-0.2, -0.15) is 0 Å². The molecule has 1 atom stereocenters. The highest BCUT2D eigenvalue weighted by Gasteiger charge is 2.24. The number of carbonyl (C=O) groups excluding carboxylic acids is 2. The van der Waals surface area contributed by atoms with E-state index in [0.29, 0.717) is 22.0 Å². The number of carbonyl (C=O) groups is 2. The molecule has 0 fully saturated rings. The van der Waals surface area contributed by atoms with E-state index in [-0.39, 0.29) is 12.5 Å². The molecule has 1 unspecified atom stereocenters. The number of hydrogen-bond donors (Lipinski definition) is 1. The minimum Gasteiger partial charge on any atom is -0.464 e. The number of rotatable bonds is 9. The Morgan fingerprint density at radius 1 is 1.22 bits per heavy atom. The van der Waals surface area contributed by atoms with Crippen molar-refractivity contribution < 1.29 is 14.3 Å². The van der Waals surface area contributed by atoms with Gasteiger partial charge in [0.15, 0.2) is 0 Å². The minimum atomic E-state index is -0.789. The van der Waals surface area contributed by atoms with Gasteiger partial charge in [-0.25, -0.2) is 9.78 Å². The predicted octanol–water partition coefficient (Wildman–Crippen LogP) is 4.14. The fourth-order valence-electron chi connectivity index (χ4n) is 2.41. The van der Waals surface area contributed by atoms with Crippen molar-refractivity contribution in [3.8, 4) is 0 Å². The first-order chi connectivity index (χ1) is 13.0. The molecule has 1 aromatic carbocycles. The first-order valence-electron chi connectivity index (χ1n) is 8.84. The lowest BCUT2D eigenvalue weighted by atomic mass is 10.1. The Labute approximate surface area is 168 Å². The second-order valence-electron chi connectivity index (χ2n) is 5.81. The number of halogens is 1. The molecule has 1 aromatic heterocycles. The van der Waals surface area contributed by atoms with Crippen LogP contribution in [0.5, 0.6) is 0 Å². The monoisotopic (exact) mass is 406 g/mol. The lowest BCUT2D eigenvalue weighted by molar-refractivity contribution is -0.145. The molecule has 0 saturated carbocycles. The van der Waals surface area contributed by atoms with Crippen molar-refractivity contribution in [3.05, 3.63) is 58.7 Å². The Kier molecular flexibility index (Phi) is 8.61. The third kappa shape index (κ3) is 6.56. The number of amides is 1. The third-order valence-corrected chi connectivity index (χ3v) is 5.15. The first kappa shape index (κ1) is 21.3. The lowest BCUT2D eigenvalue weighted by Crippen LogP contribution is -2.43. The summed E-state index contributed by atoms with van der Waals surface area (Å²) >= 11 is 7.44. The SMILES string of the molecule is CCCSc1ncccc1C(=O)NC(Cc1ccc(Cl)cc1)C(=O)OCC. The average Bonchev–Trinajstić information content (AvgIpc) is 2.67. The van der Waals surface area contributed by atoms with Crippen LogP contribution in [0, 0.1) is 0 Å². The highest BCUT2D eigenvalue weighted by atomic mass is 35.5. The standard InChI is InChI=1S/C20H23ClN2O3S/c1-3-12-27-19-16(6-5-11-22-19)18(24)23-17(20(25)26-4-2)13-14-7-9-15(21)10-8-14/h5-11,17H,3-4,12-13H2,1-2H3,(H,23,24). The van der Waals surface area contributed by atoms with E-state index in [2.05, 4.69) is 17.2 Å². The van der Waals surface area contributed by atoms with Crippen molar-refractivity contribution in [2.45, 2.75) is 37.8 Å². The average molecular weight is 407 g/mol. The zero-order chi connectivity index (χ0) is 19.6. The number of ether oxygens (including phenoxy) is 1. The number of hydrogen-bond acceptors (Lipinski definition) is 5. The second kappa shape index (κ2) is 10.9. The Bertz CT molecular complexity index is 768. The van der Waals surface area contributed by atoms with Crippen LogP contribution in [0.4, 0.5) is 0 Å². The molecule has 0 spiro atoms. The highest BCUT2D eigenvalue weighted by molar-refractivity contribution is 7.99. The quantitative estimate of drug-likeness (QED) is 0.500. The van der Waals surface area contributed by atoms with E-state index in [1.807, 2.05) is 12.1 Å². The van der Waals surface area contributed by atoms with E-state index in [0.717, 1.165) is 17.7 Å². The van der Waals surface area contributed by atoms with Crippen molar-refractivity contribution in [1.29, 1.82) is 0 Å². The lowest BCUT2D eigenvalue weighted by Gasteiger charge is -2.18. The summed E-state index contributed by atoms with van der Waals surface area (Å²) in [5.74, 6) is 0.0600. The maximum Gasteiger partial charge on any atom is 0.328 e. The summed E-state index contributed by atoms with van der Waals surface area (Å²) in [5, 5.41) is 4.07. The number of thioether (sulfide) groups is 1. The van der Waals surface area contributed by atoms with Gasteiger partial charge in [0.05, 0.1) is 12.2 Å². The van der Waals surface area contributed by atoms with E-state index in [1.165, 1.54) is 11.8 Å². The fraction of sp³-hybridized carbons (Fsp3) is 0.350. The Morgan fingerprint density at radius 3 is 2.63 bits per heavy atom. The molecule has 1 amide bonds. The molecule has 0 saturated heterocycles. The molecule has 0 radical (unpaired) electrons. The van der Waals surface area contributed by atoms with Crippen molar-refractivity contribution >= 4 is 35.2 Å². The Balaban J connectivity index is 2.18. The van der Waals surface area contributed by atoms with Gasteiger partial charge in [0, 0.05) is 17.6 Å². The molecule has 0 bridgehead atoms. The van der Waals surface area contributed by atoms with Gasteiger partial charge >= 0.3 is 5.97 Å². The highest BCUT2D eigenvalue weighted by Crippen LogP contribution is 2.21. The van der Waals surface area contributed by atoms with Crippen LogP contribution >= 0.6 is 23.4 Å². The number of aromatic nitrogens is 1. The Hall–Kier alpha value is -2.05. The maximum atomic E-state index is 12.8. The number of esters is 1. The molecule has 1 N–H and O–H groups in total. The van der Waals surface area contributed by atoms with Gasteiger partial charge < -0.3 is 10.1 Å². The molecule has 1 heterocycles. The van der Waals surface area contributed by atoms with Crippen LogP contribution in [0.2, 0.25) is 5.02 Å². The van der Waals surface area contributed by atoms with Gasteiger partial charge in [0.25, 0.3) is 5.91 Å². The van der Waals surface area contributed by atoms with Crippen LogP contribution in [-0.4, -0.2) is 35.3 Å². The largest absolute Gasteiger partial charge is 0.464 e. The van der Waals surface area contributed by atoms with Crippen molar-refractivity contribution in [3.63, 3.8) is 0 Å². The van der Waals surface area contributed by atoms with Crippen LogP contribution in [0.1, 0.15) is 36.2 Å². The predicted molar refractivity (Wildman–Crippen MR) is 108 cm³/mol.